The average Bonchev–Trinajstić information content (AvgIpc) is 3.70. The molecule has 2 aliphatic heterocycles. The van der Waals surface area contributed by atoms with Crippen LogP contribution in [-0.2, 0) is 34.4 Å². The monoisotopic (exact) mass is 575 g/mol. The summed E-state index contributed by atoms with van der Waals surface area (Å²) in [4.78, 5) is 68.8. The third-order valence-electron chi connectivity index (χ3n) is 7.53. The third-order valence-corrected chi connectivity index (χ3v) is 7.53. The van der Waals surface area contributed by atoms with Crippen molar-refractivity contribution in [3.63, 3.8) is 0 Å². The topological polar surface area (TPSA) is 175 Å². The molecule has 5 amide bonds. The number of aryl methyl sites for hydroxylation is 1. The Balaban J connectivity index is 1.52. The number of amides is 5. The zero-order valence-electron chi connectivity index (χ0n) is 23.7. The van der Waals surface area contributed by atoms with Crippen molar-refractivity contribution in [1.29, 1.82) is 0 Å². The molecule has 14 heteroatoms. The fourth-order valence-corrected chi connectivity index (χ4v) is 5.36. The molecule has 1 fully saturated rings. The first kappa shape index (κ1) is 28.6. The predicted octanol–water partition coefficient (Wildman–Crippen LogP) is 0.498. The number of fused-ring (bicyclic) bond motifs is 1. The first-order valence-corrected chi connectivity index (χ1v) is 13.8. The summed E-state index contributed by atoms with van der Waals surface area (Å²) in [6.07, 6.45) is 3.75. The minimum absolute atomic E-state index is 0.0232. The van der Waals surface area contributed by atoms with Gasteiger partial charge in [-0.1, -0.05) is 19.9 Å². The van der Waals surface area contributed by atoms with Gasteiger partial charge in [0, 0.05) is 56.8 Å². The van der Waals surface area contributed by atoms with Crippen LogP contribution >= 0.6 is 0 Å². The van der Waals surface area contributed by atoms with Gasteiger partial charge in [0.1, 0.15) is 6.04 Å². The minimum atomic E-state index is -1.03. The Morgan fingerprint density at radius 3 is 2.67 bits per heavy atom. The number of nitrogens with zero attached hydrogens (tertiary/aromatic N) is 6. The zero-order chi connectivity index (χ0) is 30.0. The molecule has 14 nitrogen and oxygen atoms in total. The molecular weight excluding hydrogens is 542 g/mol. The van der Waals surface area contributed by atoms with Gasteiger partial charge in [0.15, 0.2) is 6.04 Å². The Morgan fingerprint density at radius 2 is 2.00 bits per heavy atom. The summed E-state index contributed by atoms with van der Waals surface area (Å²) in [6, 6.07) is 4.70. The number of H-pyrrole nitrogens is 1. The highest BCUT2D eigenvalue weighted by Crippen LogP contribution is 2.32. The van der Waals surface area contributed by atoms with Gasteiger partial charge < -0.3 is 15.1 Å². The van der Waals surface area contributed by atoms with Crippen LogP contribution in [0.2, 0.25) is 0 Å². The van der Waals surface area contributed by atoms with Crippen LogP contribution in [-0.4, -0.2) is 83.7 Å². The number of nitrogens with one attached hydrogen (secondary N) is 3. The van der Waals surface area contributed by atoms with Crippen LogP contribution in [0.5, 0.6) is 0 Å². The summed E-state index contributed by atoms with van der Waals surface area (Å²) >= 11 is 0. The number of hydrogen-bond donors (Lipinski definition) is 3. The largest absolute Gasteiger partial charge is 0.354 e. The van der Waals surface area contributed by atoms with Gasteiger partial charge in [-0.2, -0.15) is 20.5 Å². The lowest BCUT2D eigenvalue weighted by atomic mass is 10.00. The summed E-state index contributed by atoms with van der Waals surface area (Å²) in [7, 11) is 1.70. The Bertz CT molecular complexity index is 1510. The van der Waals surface area contributed by atoms with Crippen LogP contribution in [0.1, 0.15) is 70.4 Å². The zero-order valence-corrected chi connectivity index (χ0v) is 23.7. The van der Waals surface area contributed by atoms with E-state index in [1.165, 1.54) is 9.80 Å². The van der Waals surface area contributed by atoms with Crippen molar-refractivity contribution in [3.8, 4) is 0 Å². The molecule has 4 heterocycles. The van der Waals surface area contributed by atoms with E-state index < -0.39 is 23.9 Å². The van der Waals surface area contributed by atoms with Gasteiger partial charge in [-0.3, -0.25) is 34.0 Å². The second-order valence-electron chi connectivity index (χ2n) is 10.9. The van der Waals surface area contributed by atoms with Crippen LogP contribution in [0.15, 0.2) is 36.7 Å². The quantitative estimate of drug-likeness (QED) is 0.293. The average molecular weight is 576 g/mol. The van der Waals surface area contributed by atoms with Gasteiger partial charge in [-0.25, -0.2) is 0 Å². The summed E-state index contributed by atoms with van der Waals surface area (Å²) in [6.45, 7) is 4.51. The highest BCUT2D eigenvalue weighted by molar-refractivity contribution is 6.08. The molecule has 2 aliphatic rings. The number of benzene rings is 1. The smallest absolute Gasteiger partial charge is 0.255 e. The van der Waals surface area contributed by atoms with Crippen LogP contribution in [0.3, 0.4) is 0 Å². The molecule has 1 aromatic carbocycles. The van der Waals surface area contributed by atoms with Crippen molar-refractivity contribution < 1.29 is 24.0 Å². The van der Waals surface area contributed by atoms with Gasteiger partial charge in [-0.05, 0) is 36.1 Å². The van der Waals surface area contributed by atoms with Gasteiger partial charge in [0.05, 0.1) is 17.6 Å². The molecule has 5 rings (SSSR count). The number of piperidine rings is 1. The number of aromatic nitrogens is 5. The lowest BCUT2D eigenvalue weighted by Crippen LogP contribution is -2.52. The highest BCUT2D eigenvalue weighted by atomic mass is 16.2. The summed E-state index contributed by atoms with van der Waals surface area (Å²) < 4.78 is 1.56. The maximum absolute atomic E-state index is 14.5. The van der Waals surface area contributed by atoms with Crippen molar-refractivity contribution >= 4 is 29.5 Å². The Morgan fingerprint density at radius 1 is 1.19 bits per heavy atom. The SMILES string of the molecule is CC(C)CNC(=O)C(c1ccnn1C)N(CCc1cn[nH]n1)C(=O)c1cccc2c1CN(C1CCC(=O)NC1=O)C2=O. The maximum Gasteiger partial charge on any atom is 0.255 e. The van der Waals surface area contributed by atoms with Gasteiger partial charge in [0.2, 0.25) is 17.7 Å². The van der Waals surface area contributed by atoms with Crippen molar-refractivity contribution in [2.75, 3.05) is 13.1 Å². The van der Waals surface area contributed by atoms with E-state index in [-0.39, 0.29) is 55.1 Å². The van der Waals surface area contributed by atoms with Gasteiger partial charge >= 0.3 is 0 Å². The van der Waals surface area contributed by atoms with E-state index in [1.807, 2.05) is 13.8 Å². The molecule has 3 aromatic rings. The first-order valence-electron chi connectivity index (χ1n) is 13.8. The fourth-order valence-electron chi connectivity index (χ4n) is 5.36. The minimum Gasteiger partial charge on any atom is -0.354 e. The van der Waals surface area contributed by atoms with Crippen molar-refractivity contribution in [2.45, 2.75) is 51.7 Å². The molecule has 2 unspecified atom stereocenters. The molecule has 220 valence electrons. The number of hydrogen-bond acceptors (Lipinski definition) is 8. The van der Waals surface area contributed by atoms with E-state index >= 15 is 0 Å². The second kappa shape index (κ2) is 11.9. The molecule has 2 aromatic heterocycles. The Kier molecular flexibility index (Phi) is 8.13. The van der Waals surface area contributed by atoms with Crippen molar-refractivity contribution in [2.24, 2.45) is 13.0 Å². The molecule has 0 aliphatic carbocycles. The molecule has 2 atom stereocenters. The summed E-state index contributed by atoms with van der Waals surface area (Å²) in [5, 5.41) is 20.0. The second-order valence-corrected chi connectivity index (χ2v) is 10.9. The number of carbonyl (C=O) groups is 5. The van der Waals surface area contributed by atoms with Gasteiger partial charge in [0.25, 0.3) is 11.8 Å². The molecule has 3 N–H and O–H groups in total. The third kappa shape index (κ3) is 5.64. The number of imide groups is 1. The molecule has 1 saturated heterocycles. The molecule has 0 radical (unpaired) electrons. The summed E-state index contributed by atoms with van der Waals surface area (Å²) in [5.74, 6) is -1.94. The van der Waals surface area contributed by atoms with Gasteiger partial charge in [-0.15, -0.1) is 0 Å². The lowest BCUT2D eigenvalue weighted by Gasteiger charge is -2.32. The van der Waals surface area contributed by atoms with Crippen LogP contribution in [0.4, 0.5) is 0 Å². The standard InChI is InChI=1S/C28H33N9O5/c1-16(2)13-29-26(40)24(21-9-11-31-35(21)3)36(12-10-17-14-30-34-33-17)27(41)18-5-4-6-19-20(18)15-37(28(19)42)22-7-8-23(38)32-25(22)39/h4-6,9,11,14,16,22,24H,7-8,10,12-13,15H2,1-3H3,(H,29,40)(H,30,33,34)(H,32,38,39). The van der Waals surface area contributed by atoms with E-state index in [2.05, 4.69) is 31.1 Å². The van der Waals surface area contributed by atoms with E-state index in [0.29, 0.717) is 35.5 Å². The highest BCUT2D eigenvalue weighted by Gasteiger charge is 2.42. The van der Waals surface area contributed by atoms with Crippen LogP contribution in [0.25, 0.3) is 0 Å². The van der Waals surface area contributed by atoms with Crippen LogP contribution < -0.4 is 10.6 Å². The molecule has 0 bridgehead atoms. The molecule has 0 saturated carbocycles. The van der Waals surface area contributed by atoms with E-state index in [4.69, 9.17) is 0 Å². The fraction of sp³-hybridized carbons (Fsp3) is 0.429. The Labute approximate surface area is 241 Å². The molecule has 42 heavy (non-hydrogen) atoms. The lowest BCUT2D eigenvalue weighted by molar-refractivity contribution is -0.137. The van der Waals surface area contributed by atoms with E-state index in [9.17, 15) is 24.0 Å². The summed E-state index contributed by atoms with van der Waals surface area (Å²) in [5.41, 5.74) is 2.15. The van der Waals surface area contributed by atoms with E-state index in [1.54, 1.807) is 48.4 Å². The normalized spacial score (nSPS) is 17.3. The van der Waals surface area contributed by atoms with Crippen molar-refractivity contribution in [3.05, 3.63) is 64.7 Å². The predicted molar refractivity (Wildman–Crippen MR) is 147 cm³/mol. The maximum atomic E-state index is 14.5. The van der Waals surface area contributed by atoms with Crippen molar-refractivity contribution in [1.82, 2.24) is 45.6 Å². The van der Waals surface area contributed by atoms with E-state index in [0.717, 1.165) is 0 Å². The number of aromatic amines is 1. The molecule has 0 spiro atoms. The number of carbonyl (C=O) groups excluding carboxylic acids is 5. The molecular formula is C28H33N9O5. The Hall–Kier alpha value is -4.88. The number of rotatable bonds is 10. The first-order chi connectivity index (χ1) is 20.2. The van der Waals surface area contributed by atoms with Crippen LogP contribution in [0, 0.1) is 5.92 Å².